The summed E-state index contributed by atoms with van der Waals surface area (Å²) < 4.78 is 0. The molecule has 0 aliphatic heterocycles. The molecule has 17 heavy (non-hydrogen) atoms. The zero-order chi connectivity index (χ0) is 11.9. The summed E-state index contributed by atoms with van der Waals surface area (Å²) >= 11 is 2.07. The van der Waals surface area contributed by atoms with E-state index in [1.807, 2.05) is 0 Å². The molecule has 0 heterocycles. The topological polar surface area (TPSA) is 12.0 Å². The van der Waals surface area contributed by atoms with Gasteiger partial charge in [-0.15, -0.1) is 11.8 Å². The average molecular weight is 249 g/mol. The van der Waals surface area contributed by atoms with Gasteiger partial charge in [0.25, 0.3) is 0 Å². The Morgan fingerprint density at radius 3 is 2.82 bits per heavy atom. The van der Waals surface area contributed by atoms with Gasteiger partial charge >= 0.3 is 0 Å². The smallest absolute Gasteiger partial charge is 0.0351 e. The molecule has 0 atom stereocenters. The van der Waals surface area contributed by atoms with E-state index in [-0.39, 0.29) is 0 Å². The molecule has 0 unspecified atom stereocenters. The van der Waals surface area contributed by atoms with Gasteiger partial charge in [-0.25, -0.2) is 0 Å². The first kappa shape index (κ1) is 12.8. The van der Waals surface area contributed by atoms with Crippen molar-refractivity contribution in [2.75, 3.05) is 11.9 Å². The van der Waals surface area contributed by atoms with Crippen LogP contribution in [0, 0.1) is 0 Å². The molecule has 1 aromatic rings. The van der Waals surface area contributed by atoms with E-state index in [2.05, 4.69) is 48.3 Å². The van der Waals surface area contributed by atoms with Crippen molar-refractivity contribution in [3.8, 4) is 0 Å². The molecule has 94 valence electrons. The number of hydrogen-bond acceptors (Lipinski definition) is 2. The molecule has 1 aliphatic carbocycles. The molecule has 2 rings (SSSR count). The summed E-state index contributed by atoms with van der Waals surface area (Å²) in [5.74, 6) is 0. The first-order valence-corrected chi connectivity index (χ1v) is 7.77. The van der Waals surface area contributed by atoms with Crippen molar-refractivity contribution in [1.82, 2.24) is 0 Å². The minimum atomic E-state index is 0.852. The summed E-state index contributed by atoms with van der Waals surface area (Å²) in [6.07, 6.45) is 8.26. The molecule has 0 amide bonds. The Kier molecular flexibility index (Phi) is 5.24. The van der Waals surface area contributed by atoms with Crippen LogP contribution in [0.25, 0.3) is 0 Å². The van der Waals surface area contributed by atoms with Crippen LogP contribution in [0.5, 0.6) is 0 Å². The molecule has 0 aromatic heterocycles. The summed E-state index contributed by atoms with van der Waals surface area (Å²) in [5.41, 5.74) is 1.27. The Hall–Kier alpha value is -0.630. The number of hydrogen-bond donors (Lipinski definition) is 1. The third kappa shape index (κ3) is 4.27. The predicted octanol–water partition coefficient (Wildman–Crippen LogP) is 4.93. The second-order valence-electron chi connectivity index (χ2n) is 4.83. The Bertz CT molecular complexity index is 331. The van der Waals surface area contributed by atoms with Gasteiger partial charge < -0.3 is 5.32 Å². The zero-order valence-corrected chi connectivity index (χ0v) is 11.6. The van der Waals surface area contributed by atoms with E-state index in [0.717, 1.165) is 11.8 Å². The van der Waals surface area contributed by atoms with Gasteiger partial charge in [-0.05, 0) is 37.5 Å². The average Bonchev–Trinajstić information content (AvgIpc) is 2.38. The van der Waals surface area contributed by atoms with E-state index in [4.69, 9.17) is 0 Å². The lowest BCUT2D eigenvalue weighted by atomic mass is 10.0. The quantitative estimate of drug-likeness (QED) is 0.793. The number of thioether (sulfide) groups is 1. The van der Waals surface area contributed by atoms with Crippen molar-refractivity contribution in [3.63, 3.8) is 0 Å². The molecule has 1 aromatic carbocycles. The molecule has 2 heteroatoms. The Balaban J connectivity index is 1.90. The molecule has 1 N–H and O–H groups in total. The Morgan fingerprint density at radius 1 is 1.24 bits per heavy atom. The highest BCUT2D eigenvalue weighted by Gasteiger charge is 2.14. The molecule has 1 aliphatic rings. The highest BCUT2D eigenvalue weighted by molar-refractivity contribution is 8.00. The first-order valence-electron chi connectivity index (χ1n) is 6.89. The summed E-state index contributed by atoms with van der Waals surface area (Å²) in [6, 6.07) is 8.88. The van der Waals surface area contributed by atoms with Gasteiger partial charge in [-0.1, -0.05) is 32.3 Å². The van der Waals surface area contributed by atoms with Crippen molar-refractivity contribution in [2.24, 2.45) is 0 Å². The lowest BCUT2D eigenvalue weighted by Crippen LogP contribution is -2.07. The third-order valence-corrected chi connectivity index (χ3v) is 4.60. The molecular formula is C15H23NS. The minimum absolute atomic E-state index is 0.852. The monoisotopic (exact) mass is 249 g/mol. The number of nitrogens with one attached hydrogen (secondary N) is 1. The fourth-order valence-corrected chi connectivity index (χ4v) is 3.63. The fraction of sp³-hybridized carbons (Fsp3) is 0.600. The van der Waals surface area contributed by atoms with Crippen LogP contribution in [0.3, 0.4) is 0 Å². The third-order valence-electron chi connectivity index (χ3n) is 3.27. The fourth-order valence-electron chi connectivity index (χ4n) is 2.32. The highest BCUT2D eigenvalue weighted by Crippen LogP contribution is 2.34. The molecule has 0 spiro atoms. The van der Waals surface area contributed by atoms with Crippen LogP contribution in [0.4, 0.5) is 5.69 Å². The van der Waals surface area contributed by atoms with Crippen molar-refractivity contribution in [1.29, 1.82) is 0 Å². The molecule has 1 saturated carbocycles. The molecule has 1 nitrogen and oxygen atoms in total. The standard InChI is InChI=1S/C15H23NS/c1-2-11-16-13-7-6-10-15(12-13)17-14-8-4-3-5-9-14/h6-7,10,12,14,16H,2-5,8-9,11H2,1H3. The molecule has 0 saturated heterocycles. The lowest BCUT2D eigenvalue weighted by molar-refractivity contribution is 0.516. The largest absolute Gasteiger partial charge is 0.385 e. The van der Waals surface area contributed by atoms with Gasteiger partial charge in [0.05, 0.1) is 0 Å². The molecule has 0 radical (unpaired) electrons. The number of rotatable bonds is 5. The van der Waals surface area contributed by atoms with Gasteiger partial charge in [-0.3, -0.25) is 0 Å². The van der Waals surface area contributed by atoms with Crippen LogP contribution in [-0.4, -0.2) is 11.8 Å². The maximum atomic E-state index is 3.46. The maximum Gasteiger partial charge on any atom is 0.0351 e. The van der Waals surface area contributed by atoms with E-state index in [0.29, 0.717) is 0 Å². The normalized spacial score (nSPS) is 17.0. The van der Waals surface area contributed by atoms with Crippen LogP contribution in [0.2, 0.25) is 0 Å². The Labute approximate surface area is 109 Å². The first-order chi connectivity index (χ1) is 8.38. The van der Waals surface area contributed by atoms with Crippen LogP contribution < -0.4 is 5.32 Å². The van der Waals surface area contributed by atoms with Crippen molar-refractivity contribution in [2.45, 2.75) is 55.6 Å². The van der Waals surface area contributed by atoms with Gasteiger partial charge in [0.15, 0.2) is 0 Å². The van der Waals surface area contributed by atoms with E-state index in [1.165, 1.54) is 49.1 Å². The van der Waals surface area contributed by atoms with Crippen molar-refractivity contribution < 1.29 is 0 Å². The highest BCUT2D eigenvalue weighted by atomic mass is 32.2. The summed E-state index contributed by atoms with van der Waals surface area (Å²) in [6.45, 7) is 3.27. The van der Waals surface area contributed by atoms with E-state index >= 15 is 0 Å². The van der Waals surface area contributed by atoms with E-state index in [1.54, 1.807) is 0 Å². The zero-order valence-electron chi connectivity index (χ0n) is 10.7. The molecular weight excluding hydrogens is 226 g/mol. The summed E-state index contributed by atoms with van der Waals surface area (Å²) in [7, 11) is 0. The molecule has 1 fully saturated rings. The van der Waals surface area contributed by atoms with Gasteiger partial charge in [0.2, 0.25) is 0 Å². The van der Waals surface area contributed by atoms with Gasteiger partial charge in [0.1, 0.15) is 0 Å². The van der Waals surface area contributed by atoms with E-state index < -0.39 is 0 Å². The lowest BCUT2D eigenvalue weighted by Gasteiger charge is -2.21. The second kappa shape index (κ2) is 6.95. The van der Waals surface area contributed by atoms with Crippen LogP contribution in [0.1, 0.15) is 45.4 Å². The van der Waals surface area contributed by atoms with Crippen molar-refractivity contribution in [3.05, 3.63) is 24.3 Å². The molecule has 0 bridgehead atoms. The number of benzene rings is 1. The second-order valence-corrected chi connectivity index (χ2v) is 6.21. The summed E-state index contributed by atoms with van der Waals surface area (Å²) in [5, 5.41) is 4.31. The minimum Gasteiger partial charge on any atom is -0.385 e. The number of anilines is 1. The van der Waals surface area contributed by atoms with Gasteiger partial charge in [0, 0.05) is 22.4 Å². The van der Waals surface area contributed by atoms with Gasteiger partial charge in [-0.2, -0.15) is 0 Å². The summed E-state index contributed by atoms with van der Waals surface area (Å²) in [4.78, 5) is 1.43. The van der Waals surface area contributed by atoms with Crippen molar-refractivity contribution >= 4 is 17.4 Å². The van der Waals surface area contributed by atoms with Crippen LogP contribution in [0.15, 0.2) is 29.2 Å². The Morgan fingerprint density at radius 2 is 2.06 bits per heavy atom. The van der Waals surface area contributed by atoms with Crippen LogP contribution in [-0.2, 0) is 0 Å². The maximum absolute atomic E-state index is 3.46. The predicted molar refractivity (Wildman–Crippen MR) is 78.0 cm³/mol. The SMILES string of the molecule is CCCNc1cccc(SC2CCCCC2)c1. The van der Waals surface area contributed by atoms with Crippen LogP contribution >= 0.6 is 11.8 Å². The van der Waals surface area contributed by atoms with E-state index in [9.17, 15) is 0 Å².